The van der Waals surface area contributed by atoms with Gasteiger partial charge in [-0.25, -0.2) is 0 Å². The van der Waals surface area contributed by atoms with Crippen LogP contribution >= 0.6 is 11.3 Å². The first-order valence-corrected chi connectivity index (χ1v) is 8.14. The summed E-state index contributed by atoms with van der Waals surface area (Å²) in [4.78, 5) is 14.5. The van der Waals surface area contributed by atoms with Gasteiger partial charge in [0, 0.05) is 22.3 Å². The Morgan fingerprint density at radius 3 is 2.95 bits per heavy atom. The molecule has 106 valence electrons. The number of amides is 1. The molecule has 1 heterocycles. The molecule has 0 spiro atoms. The fraction of sp³-hybridized carbons (Fsp3) is 0.667. The zero-order valence-corrected chi connectivity index (χ0v) is 12.7. The van der Waals surface area contributed by atoms with E-state index in [4.69, 9.17) is 0 Å². The topological polar surface area (TPSA) is 41.1 Å². The Morgan fingerprint density at radius 2 is 2.21 bits per heavy atom. The summed E-state index contributed by atoms with van der Waals surface area (Å²) in [6, 6.07) is 2.60. The van der Waals surface area contributed by atoms with E-state index in [0.29, 0.717) is 6.54 Å². The summed E-state index contributed by atoms with van der Waals surface area (Å²) in [5.74, 6) is 0.0926. The molecule has 0 saturated heterocycles. The third-order valence-corrected chi connectivity index (χ3v) is 5.00. The van der Waals surface area contributed by atoms with Crippen LogP contribution in [0.1, 0.15) is 54.5 Å². The summed E-state index contributed by atoms with van der Waals surface area (Å²) < 4.78 is 0. The van der Waals surface area contributed by atoms with Crippen molar-refractivity contribution in [3.63, 3.8) is 0 Å². The highest BCUT2D eigenvalue weighted by molar-refractivity contribution is 7.12. The summed E-state index contributed by atoms with van der Waals surface area (Å²) in [5, 5.41) is 6.21. The van der Waals surface area contributed by atoms with Gasteiger partial charge in [0.05, 0.1) is 6.54 Å². The van der Waals surface area contributed by atoms with Crippen molar-refractivity contribution in [3.8, 4) is 0 Å². The van der Waals surface area contributed by atoms with Gasteiger partial charge in [0.25, 0.3) is 0 Å². The van der Waals surface area contributed by atoms with Crippen LogP contribution in [-0.4, -0.2) is 19.0 Å². The molecule has 2 rings (SSSR count). The van der Waals surface area contributed by atoms with Gasteiger partial charge in [0.1, 0.15) is 0 Å². The van der Waals surface area contributed by atoms with Gasteiger partial charge < -0.3 is 10.6 Å². The molecule has 0 fully saturated rings. The van der Waals surface area contributed by atoms with Gasteiger partial charge in [0.2, 0.25) is 5.91 Å². The molecule has 0 saturated carbocycles. The molecule has 0 aromatic carbocycles. The van der Waals surface area contributed by atoms with Crippen molar-refractivity contribution in [3.05, 3.63) is 21.4 Å². The van der Waals surface area contributed by atoms with Crippen LogP contribution in [0.3, 0.4) is 0 Å². The first-order chi connectivity index (χ1) is 9.20. The van der Waals surface area contributed by atoms with Gasteiger partial charge in [-0.3, -0.25) is 4.79 Å². The Bertz CT molecular complexity index is 404. The fourth-order valence-corrected chi connectivity index (χ4v) is 3.68. The molecule has 0 bridgehead atoms. The highest BCUT2D eigenvalue weighted by atomic mass is 32.1. The van der Waals surface area contributed by atoms with Gasteiger partial charge in [-0.15, -0.1) is 11.3 Å². The average molecular weight is 280 g/mol. The molecule has 0 radical (unpaired) electrons. The number of nitrogens with one attached hydrogen (secondary N) is 2. The van der Waals surface area contributed by atoms with E-state index in [1.807, 2.05) is 11.3 Å². The largest absolute Gasteiger partial charge is 0.355 e. The number of hydrogen-bond acceptors (Lipinski definition) is 3. The van der Waals surface area contributed by atoms with Crippen molar-refractivity contribution in [1.82, 2.24) is 10.6 Å². The van der Waals surface area contributed by atoms with Crippen LogP contribution in [0.25, 0.3) is 0 Å². The Labute approximate surface area is 119 Å². The number of fused-ring (bicyclic) bond motifs is 1. The molecule has 1 amide bonds. The van der Waals surface area contributed by atoms with Crippen molar-refractivity contribution in [2.24, 2.45) is 0 Å². The van der Waals surface area contributed by atoms with E-state index in [2.05, 4.69) is 30.5 Å². The highest BCUT2D eigenvalue weighted by Crippen LogP contribution is 2.32. The number of hydrogen-bond donors (Lipinski definition) is 2. The fourth-order valence-electron chi connectivity index (χ4n) is 2.40. The van der Waals surface area contributed by atoms with E-state index in [0.717, 1.165) is 13.0 Å². The van der Waals surface area contributed by atoms with Crippen molar-refractivity contribution >= 4 is 17.2 Å². The zero-order chi connectivity index (χ0) is 13.7. The first kappa shape index (κ1) is 14.5. The van der Waals surface area contributed by atoms with Gasteiger partial charge in [-0.05, 0) is 50.7 Å². The van der Waals surface area contributed by atoms with E-state index in [1.54, 1.807) is 4.88 Å². The maximum atomic E-state index is 11.6. The van der Waals surface area contributed by atoms with Crippen LogP contribution in [0.2, 0.25) is 0 Å². The van der Waals surface area contributed by atoms with Crippen molar-refractivity contribution in [2.45, 2.75) is 52.0 Å². The van der Waals surface area contributed by atoms with Crippen molar-refractivity contribution < 1.29 is 4.79 Å². The van der Waals surface area contributed by atoms with Crippen LogP contribution in [-0.2, 0) is 17.6 Å². The molecular formula is C15H24N2OS. The van der Waals surface area contributed by atoms with Gasteiger partial charge in [-0.1, -0.05) is 6.92 Å². The van der Waals surface area contributed by atoms with E-state index in [9.17, 15) is 4.79 Å². The molecule has 1 unspecified atom stereocenters. The standard InChI is InChI=1S/C15H24N2OS/c1-3-8-16-15(18)10-17-11(2)14-9-12-6-4-5-7-13(12)19-14/h9,11,17H,3-8,10H2,1-2H3,(H,16,18). The minimum absolute atomic E-state index is 0.0926. The summed E-state index contributed by atoms with van der Waals surface area (Å²) in [6.07, 6.45) is 6.11. The van der Waals surface area contributed by atoms with Crippen molar-refractivity contribution in [2.75, 3.05) is 13.1 Å². The second-order valence-electron chi connectivity index (χ2n) is 5.26. The summed E-state index contributed by atoms with van der Waals surface area (Å²) in [6.45, 7) is 5.38. The highest BCUT2D eigenvalue weighted by Gasteiger charge is 2.16. The second-order valence-corrected chi connectivity index (χ2v) is 6.43. The zero-order valence-electron chi connectivity index (χ0n) is 11.9. The third kappa shape index (κ3) is 4.05. The quantitative estimate of drug-likeness (QED) is 0.841. The van der Waals surface area contributed by atoms with Gasteiger partial charge >= 0.3 is 0 Å². The van der Waals surface area contributed by atoms with Crippen LogP contribution in [0.4, 0.5) is 0 Å². The number of rotatable bonds is 6. The lowest BCUT2D eigenvalue weighted by molar-refractivity contribution is -0.120. The van der Waals surface area contributed by atoms with Crippen LogP contribution in [0.5, 0.6) is 0 Å². The molecule has 1 aromatic rings. The molecule has 1 aliphatic rings. The molecule has 1 aromatic heterocycles. The van der Waals surface area contributed by atoms with Crippen LogP contribution in [0.15, 0.2) is 6.07 Å². The number of thiophene rings is 1. The Balaban J connectivity index is 1.84. The van der Waals surface area contributed by atoms with Gasteiger partial charge in [-0.2, -0.15) is 0 Å². The average Bonchev–Trinajstić information content (AvgIpc) is 2.86. The molecule has 0 aliphatic heterocycles. The lowest BCUT2D eigenvalue weighted by Crippen LogP contribution is -2.35. The predicted molar refractivity (Wildman–Crippen MR) is 80.7 cm³/mol. The molecule has 4 heteroatoms. The smallest absolute Gasteiger partial charge is 0.233 e. The normalized spacial score (nSPS) is 15.9. The Hall–Kier alpha value is -0.870. The van der Waals surface area contributed by atoms with Crippen LogP contribution < -0.4 is 10.6 Å². The first-order valence-electron chi connectivity index (χ1n) is 7.32. The number of carbonyl (C=O) groups excluding carboxylic acids is 1. The molecular weight excluding hydrogens is 256 g/mol. The van der Waals surface area contributed by atoms with E-state index in [1.165, 1.54) is 36.1 Å². The number of carbonyl (C=O) groups is 1. The van der Waals surface area contributed by atoms with E-state index >= 15 is 0 Å². The minimum atomic E-state index is 0.0926. The summed E-state index contributed by atoms with van der Waals surface area (Å²) in [5.41, 5.74) is 1.54. The van der Waals surface area contributed by atoms with E-state index in [-0.39, 0.29) is 11.9 Å². The summed E-state index contributed by atoms with van der Waals surface area (Å²) in [7, 11) is 0. The maximum absolute atomic E-state index is 11.6. The molecule has 1 aliphatic carbocycles. The monoisotopic (exact) mass is 280 g/mol. The minimum Gasteiger partial charge on any atom is -0.355 e. The molecule has 2 N–H and O–H groups in total. The maximum Gasteiger partial charge on any atom is 0.233 e. The predicted octanol–water partition coefficient (Wildman–Crippen LogP) is 2.80. The number of aryl methyl sites for hydroxylation is 2. The molecule has 1 atom stereocenters. The second kappa shape index (κ2) is 7.06. The third-order valence-electron chi connectivity index (χ3n) is 3.58. The lowest BCUT2D eigenvalue weighted by Gasteiger charge is -2.11. The summed E-state index contributed by atoms with van der Waals surface area (Å²) >= 11 is 1.92. The SMILES string of the molecule is CCCNC(=O)CNC(C)c1cc2c(s1)CCCC2. The van der Waals surface area contributed by atoms with Gasteiger partial charge in [0.15, 0.2) is 0 Å². The Kier molecular flexibility index (Phi) is 5.40. The lowest BCUT2D eigenvalue weighted by atomic mass is 9.99. The molecule has 3 nitrogen and oxygen atoms in total. The van der Waals surface area contributed by atoms with E-state index < -0.39 is 0 Å². The van der Waals surface area contributed by atoms with Crippen LogP contribution in [0, 0.1) is 0 Å². The molecule has 19 heavy (non-hydrogen) atoms. The van der Waals surface area contributed by atoms with Crippen molar-refractivity contribution in [1.29, 1.82) is 0 Å². The Morgan fingerprint density at radius 1 is 1.42 bits per heavy atom.